The first kappa shape index (κ1) is 15.9. The molecule has 0 fully saturated rings. The van der Waals surface area contributed by atoms with E-state index in [-0.39, 0.29) is 18.5 Å². The molecule has 4 heteroatoms. The Labute approximate surface area is 92.7 Å². The van der Waals surface area contributed by atoms with Crippen LogP contribution in [0.4, 0.5) is 0 Å². The van der Waals surface area contributed by atoms with E-state index in [9.17, 15) is 5.11 Å². The molecular weight excluding hydrogens is 209 g/mol. The van der Waals surface area contributed by atoms with Crippen molar-refractivity contribution >= 4 is 24.0 Å². The molecule has 0 aliphatic heterocycles. The third-order valence-corrected chi connectivity index (χ3v) is 2.08. The Balaban J connectivity index is 0. The molecule has 0 radical (unpaired) electrons. The topological polar surface area (TPSA) is 23.5 Å². The summed E-state index contributed by atoms with van der Waals surface area (Å²) in [4.78, 5) is 2.26. The Kier molecular flexibility index (Phi) is 13.0. The maximum Gasteiger partial charge on any atom is 0.0802 e. The average molecular weight is 230 g/mol. The van der Waals surface area contributed by atoms with Crippen LogP contribution in [0.25, 0.3) is 0 Å². The molecule has 0 spiro atoms. The van der Waals surface area contributed by atoms with Crippen molar-refractivity contribution in [3.8, 4) is 0 Å². The number of hydrogen-bond donors (Lipinski definition) is 1. The largest absolute Gasteiger partial charge is 0.391 e. The number of rotatable bonds is 7. The lowest BCUT2D eigenvalue weighted by atomic mass is 10.3. The van der Waals surface area contributed by atoms with Gasteiger partial charge in [0.05, 0.1) is 6.10 Å². The number of halogens is 2. The van der Waals surface area contributed by atoms with Crippen molar-refractivity contribution in [3.63, 3.8) is 0 Å². The van der Waals surface area contributed by atoms with Gasteiger partial charge in [-0.1, -0.05) is 13.8 Å². The van der Waals surface area contributed by atoms with E-state index in [1.165, 1.54) is 0 Å². The Morgan fingerprint density at radius 1 is 1.23 bits per heavy atom. The lowest BCUT2D eigenvalue weighted by Crippen LogP contribution is -2.34. The molecule has 0 bridgehead atoms. The monoisotopic (exact) mass is 229 g/mol. The molecule has 0 saturated carbocycles. The van der Waals surface area contributed by atoms with Gasteiger partial charge in [-0.15, -0.1) is 24.0 Å². The van der Waals surface area contributed by atoms with Crippen LogP contribution in [-0.4, -0.2) is 41.6 Å². The maximum atomic E-state index is 9.31. The van der Waals surface area contributed by atoms with Crippen molar-refractivity contribution in [1.82, 2.24) is 4.90 Å². The summed E-state index contributed by atoms with van der Waals surface area (Å²) in [5.74, 6) is 0.337. The van der Waals surface area contributed by atoms with Gasteiger partial charge in [0.15, 0.2) is 0 Å². The van der Waals surface area contributed by atoms with E-state index in [0.29, 0.717) is 12.4 Å². The van der Waals surface area contributed by atoms with Crippen molar-refractivity contribution < 1.29 is 5.11 Å². The lowest BCUT2D eigenvalue weighted by Gasteiger charge is -2.22. The molecule has 0 aromatic carbocycles. The molecule has 0 saturated heterocycles. The van der Waals surface area contributed by atoms with Gasteiger partial charge < -0.3 is 10.0 Å². The minimum atomic E-state index is -0.371. The highest BCUT2D eigenvalue weighted by atomic mass is 35.5. The first-order chi connectivity index (χ1) is 5.74. The molecular formula is C9H21Cl2NO. The van der Waals surface area contributed by atoms with Gasteiger partial charge in [0, 0.05) is 12.4 Å². The first-order valence-electron chi connectivity index (χ1n) is 4.70. The second kappa shape index (κ2) is 10.6. The summed E-state index contributed by atoms with van der Waals surface area (Å²) >= 11 is 5.52. The molecule has 0 rings (SSSR count). The molecule has 1 atom stereocenters. The van der Waals surface area contributed by atoms with Gasteiger partial charge in [0.25, 0.3) is 0 Å². The molecule has 0 aromatic rings. The summed E-state index contributed by atoms with van der Waals surface area (Å²) in [6.07, 6.45) is 1.90. The molecule has 0 aromatic heterocycles. The third kappa shape index (κ3) is 8.82. The van der Waals surface area contributed by atoms with Crippen molar-refractivity contribution in [2.24, 2.45) is 0 Å². The van der Waals surface area contributed by atoms with E-state index in [0.717, 1.165) is 25.9 Å². The zero-order chi connectivity index (χ0) is 9.40. The zero-order valence-electron chi connectivity index (χ0n) is 8.50. The molecule has 1 unspecified atom stereocenters. The van der Waals surface area contributed by atoms with Crippen molar-refractivity contribution in [3.05, 3.63) is 0 Å². The van der Waals surface area contributed by atoms with Crippen molar-refractivity contribution in [1.29, 1.82) is 0 Å². The van der Waals surface area contributed by atoms with E-state index >= 15 is 0 Å². The van der Waals surface area contributed by atoms with E-state index in [2.05, 4.69) is 18.7 Å². The Morgan fingerprint density at radius 2 is 1.69 bits per heavy atom. The van der Waals surface area contributed by atoms with Crippen LogP contribution in [0.15, 0.2) is 0 Å². The van der Waals surface area contributed by atoms with Gasteiger partial charge in [-0.05, 0) is 25.9 Å². The van der Waals surface area contributed by atoms with E-state index in [1.807, 2.05) is 0 Å². The predicted octanol–water partition coefficient (Wildman–Crippen LogP) is 2.13. The van der Waals surface area contributed by atoms with Crippen LogP contribution in [0.3, 0.4) is 0 Å². The average Bonchev–Trinajstić information content (AvgIpc) is 2.05. The molecule has 2 nitrogen and oxygen atoms in total. The van der Waals surface area contributed by atoms with Crippen LogP contribution in [0, 0.1) is 0 Å². The first-order valence-corrected chi connectivity index (χ1v) is 5.24. The van der Waals surface area contributed by atoms with Gasteiger partial charge in [0.2, 0.25) is 0 Å². The van der Waals surface area contributed by atoms with Crippen LogP contribution in [-0.2, 0) is 0 Å². The van der Waals surface area contributed by atoms with Gasteiger partial charge in [-0.25, -0.2) is 0 Å². The van der Waals surface area contributed by atoms with Crippen LogP contribution in [0.5, 0.6) is 0 Å². The van der Waals surface area contributed by atoms with E-state index in [1.54, 1.807) is 0 Å². The zero-order valence-corrected chi connectivity index (χ0v) is 10.1. The van der Waals surface area contributed by atoms with Gasteiger partial charge in [0.1, 0.15) is 0 Å². The molecule has 13 heavy (non-hydrogen) atoms. The summed E-state index contributed by atoms with van der Waals surface area (Å²) in [5, 5.41) is 9.31. The summed E-state index contributed by atoms with van der Waals surface area (Å²) in [7, 11) is 0. The van der Waals surface area contributed by atoms with Gasteiger partial charge in [-0.3, -0.25) is 0 Å². The second-order valence-electron chi connectivity index (χ2n) is 3.11. The Bertz CT molecular complexity index is 97.6. The molecule has 0 aliphatic carbocycles. The molecule has 82 valence electrons. The van der Waals surface area contributed by atoms with Gasteiger partial charge >= 0.3 is 0 Å². The van der Waals surface area contributed by atoms with Crippen LogP contribution in [0.1, 0.15) is 26.7 Å². The van der Waals surface area contributed by atoms with Crippen LogP contribution < -0.4 is 0 Å². The quantitative estimate of drug-likeness (QED) is 0.677. The number of aliphatic hydroxyl groups excluding tert-OH is 1. The standard InChI is InChI=1S/C9H20ClNO.ClH/c1-3-5-11(6-4-2)8-9(12)7-10;/h9,12H,3-8H2,1-2H3;1H. The van der Waals surface area contributed by atoms with Crippen LogP contribution >= 0.6 is 24.0 Å². The van der Waals surface area contributed by atoms with Crippen molar-refractivity contribution in [2.45, 2.75) is 32.8 Å². The smallest absolute Gasteiger partial charge is 0.0802 e. The second-order valence-corrected chi connectivity index (χ2v) is 3.42. The SMILES string of the molecule is CCCN(CCC)CC(O)CCl.Cl. The lowest BCUT2D eigenvalue weighted by molar-refractivity contribution is 0.129. The van der Waals surface area contributed by atoms with Crippen LogP contribution in [0.2, 0.25) is 0 Å². The fourth-order valence-electron chi connectivity index (χ4n) is 1.27. The van der Waals surface area contributed by atoms with E-state index < -0.39 is 0 Å². The third-order valence-electron chi connectivity index (χ3n) is 1.73. The maximum absolute atomic E-state index is 9.31. The molecule has 0 amide bonds. The highest BCUT2D eigenvalue weighted by molar-refractivity contribution is 6.18. The summed E-state index contributed by atoms with van der Waals surface area (Å²) < 4.78 is 0. The summed E-state index contributed by atoms with van der Waals surface area (Å²) in [6.45, 7) is 7.13. The van der Waals surface area contributed by atoms with Crippen molar-refractivity contribution in [2.75, 3.05) is 25.5 Å². The minimum Gasteiger partial charge on any atom is -0.391 e. The highest BCUT2D eigenvalue weighted by Crippen LogP contribution is 1.98. The number of hydrogen-bond acceptors (Lipinski definition) is 2. The van der Waals surface area contributed by atoms with Gasteiger partial charge in [-0.2, -0.15) is 0 Å². The predicted molar refractivity (Wildman–Crippen MR) is 61.0 cm³/mol. The highest BCUT2D eigenvalue weighted by Gasteiger charge is 2.08. The Morgan fingerprint density at radius 3 is 2.00 bits per heavy atom. The number of aliphatic hydroxyl groups is 1. The minimum absolute atomic E-state index is 0. The fraction of sp³-hybridized carbons (Fsp3) is 1.00. The molecule has 1 N–H and O–H groups in total. The fourth-order valence-corrected chi connectivity index (χ4v) is 1.37. The molecule has 0 heterocycles. The number of nitrogens with zero attached hydrogens (tertiary/aromatic N) is 1. The summed E-state index contributed by atoms with van der Waals surface area (Å²) in [5.41, 5.74) is 0. The molecule has 0 aliphatic rings. The summed E-state index contributed by atoms with van der Waals surface area (Å²) in [6, 6.07) is 0. The Hall–Kier alpha value is 0.500. The normalized spacial score (nSPS) is 12.7. The van der Waals surface area contributed by atoms with E-state index in [4.69, 9.17) is 11.6 Å². The number of alkyl halides is 1.